The molecule has 0 aliphatic rings. The molecule has 3 N–H and O–H groups in total. The summed E-state index contributed by atoms with van der Waals surface area (Å²) >= 11 is 0. The molecule has 1 rings (SSSR count). The zero-order chi connectivity index (χ0) is 11.4. The molecule has 0 saturated heterocycles. The van der Waals surface area contributed by atoms with Crippen LogP contribution in [0.15, 0.2) is 18.3 Å². The van der Waals surface area contributed by atoms with Gasteiger partial charge in [-0.2, -0.15) is 0 Å². The molecule has 0 spiro atoms. The molecule has 5 nitrogen and oxygen atoms in total. The highest BCUT2D eigenvalue weighted by Gasteiger charge is 2.15. The molecule has 1 heterocycles. The molecule has 0 saturated carbocycles. The number of hydrogen-bond donors (Lipinski definition) is 2. The molecule has 0 aliphatic carbocycles. The van der Waals surface area contributed by atoms with Crippen LogP contribution < -0.4 is 10.5 Å². The van der Waals surface area contributed by atoms with Crippen molar-refractivity contribution in [2.24, 2.45) is 5.73 Å². The molecule has 1 aromatic heterocycles. The molecule has 1 unspecified atom stereocenters. The van der Waals surface area contributed by atoms with Crippen LogP contribution in [0, 0.1) is 0 Å². The van der Waals surface area contributed by atoms with Crippen molar-refractivity contribution in [1.82, 2.24) is 4.98 Å². The first-order valence-electron chi connectivity index (χ1n) is 4.61. The summed E-state index contributed by atoms with van der Waals surface area (Å²) in [7, 11) is 0. The first-order chi connectivity index (χ1) is 7.00. The number of nitrogens with two attached hydrogens (primary N) is 1. The molecule has 5 heteroatoms. The topological polar surface area (TPSA) is 85.4 Å². The van der Waals surface area contributed by atoms with Crippen LogP contribution in [0.3, 0.4) is 0 Å². The Morgan fingerprint density at radius 3 is 2.80 bits per heavy atom. The zero-order valence-electron chi connectivity index (χ0n) is 8.68. The fraction of sp³-hybridized carbons (Fsp3) is 0.400. The minimum absolute atomic E-state index is 0.00574. The quantitative estimate of drug-likeness (QED) is 0.772. The second-order valence-electron chi connectivity index (χ2n) is 3.41. The molecular formula is C10H14N2O3. The fourth-order valence-corrected chi connectivity index (χ4v) is 1.07. The molecule has 0 fully saturated rings. The van der Waals surface area contributed by atoms with Crippen LogP contribution in [0.5, 0.6) is 5.88 Å². The highest BCUT2D eigenvalue weighted by atomic mass is 16.5. The van der Waals surface area contributed by atoms with E-state index in [9.17, 15) is 4.79 Å². The molecule has 0 aromatic carbocycles. The summed E-state index contributed by atoms with van der Waals surface area (Å²) in [6, 6.07) is 2.06. The average Bonchev–Trinajstić information content (AvgIpc) is 2.16. The van der Waals surface area contributed by atoms with Crippen molar-refractivity contribution >= 4 is 5.97 Å². The zero-order valence-corrected chi connectivity index (χ0v) is 8.68. The van der Waals surface area contributed by atoms with Crippen molar-refractivity contribution in [3.05, 3.63) is 23.9 Å². The highest BCUT2D eigenvalue weighted by Crippen LogP contribution is 2.16. The van der Waals surface area contributed by atoms with Gasteiger partial charge in [0.1, 0.15) is 6.04 Å². The number of aliphatic carboxylic acids is 1. The molecule has 0 bridgehead atoms. The summed E-state index contributed by atoms with van der Waals surface area (Å²) in [5.41, 5.74) is 5.93. The lowest BCUT2D eigenvalue weighted by Gasteiger charge is -2.11. The van der Waals surface area contributed by atoms with Crippen molar-refractivity contribution in [3.8, 4) is 5.88 Å². The molecule has 15 heavy (non-hydrogen) atoms. The normalized spacial score (nSPS) is 12.5. The van der Waals surface area contributed by atoms with Crippen LogP contribution in [-0.4, -0.2) is 22.2 Å². The number of ether oxygens (including phenoxy) is 1. The monoisotopic (exact) mass is 210 g/mol. The van der Waals surface area contributed by atoms with Crippen molar-refractivity contribution < 1.29 is 14.6 Å². The smallest absolute Gasteiger partial charge is 0.325 e. The molecule has 1 atom stereocenters. The molecule has 82 valence electrons. The minimum atomic E-state index is -1.07. The first kappa shape index (κ1) is 11.5. The van der Waals surface area contributed by atoms with E-state index in [1.807, 2.05) is 13.8 Å². The van der Waals surface area contributed by atoms with Gasteiger partial charge in [-0.25, -0.2) is 4.98 Å². The van der Waals surface area contributed by atoms with E-state index >= 15 is 0 Å². The van der Waals surface area contributed by atoms with Crippen LogP contribution in [0.2, 0.25) is 0 Å². The van der Waals surface area contributed by atoms with Gasteiger partial charge in [0.05, 0.1) is 6.10 Å². The van der Waals surface area contributed by atoms with E-state index in [1.165, 1.54) is 6.20 Å². The Balaban J connectivity index is 2.87. The minimum Gasteiger partial charge on any atom is -0.480 e. The number of rotatable bonds is 4. The third kappa shape index (κ3) is 3.21. The van der Waals surface area contributed by atoms with E-state index in [0.29, 0.717) is 11.4 Å². The molecule has 0 radical (unpaired) electrons. The van der Waals surface area contributed by atoms with Crippen LogP contribution >= 0.6 is 0 Å². The summed E-state index contributed by atoms with van der Waals surface area (Å²) in [5.74, 6) is -0.684. The second-order valence-corrected chi connectivity index (χ2v) is 3.41. The number of pyridine rings is 1. The van der Waals surface area contributed by atoms with Crippen molar-refractivity contribution in [2.75, 3.05) is 0 Å². The van der Waals surface area contributed by atoms with Gasteiger partial charge in [0.25, 0.3) is 0 Å². The summed E-state index contributed by atoms with van der Waals surface area (Å²) in [6.45, 7) is 3.73. The number of aromatic nitrogens is 1. The maximum absolute atomic E-state index is 10.6. The van der Waals surface area contributed by atoms with Crippen molar-refractivity contribution in [2.45, 2.75) is 26.0 Å². The number of carbonyl (C=O) groups is 1. The van der Waals surface area contributed by atoms with Gasteiger partial charge >= 0.3 is 5.97 Å². The lowest BCUT2D eigenvalue weighted by Crippen LogP contribution is -2.20. The van der Waals surface area contributed by atoms with E-state index in [4.69, 9.17) is 15.6 Å². The molecule has 0 amide bonds. The van der Waals surface area contributed by atoms with E-state index in [-0.39, 0.29) is 6.10 Å². The summed E-state index contributed by atoms with van der Waals surface area (Å²) in [4.78, 5) is 14.6. The summed E-state index contributed by atoms with van der Waals surface area (Å²) in [6.07, 6.45) is 1.48. The summed E-state index contributed by atoms with van der Waals surface area (Å²) < 4.78 is 5.33. The third-order valence-electron chi connectivity index (χ3n) is 1.74. The Kier molecular flexibility index (Phi) is 3.62. The Labute approximate surface area is 87.9 Å². The lowest BCUT2D eigenvalue weighted by molar-refractivity contribution is -0.138. The number of hydrogen-bond acceptors (Lipinski definition) is 4. The molecule has 0 aliphatic heterocycles. The Morgan fingerprint density at radius 1 is 1.60 bits per heavy atom. The van der Waals surface area contributed by atoms with Crippen LogP contribution in [-0.2, 0) is 4.79 Å². The van der Waals surface area contributed by atoms with Gasteiger partial charge in [-0.1, -0.05) is 0 Å². The standard InChI is InChI=1S/C10H14N2O3/c1-6(2)15-8-5-7(3-4-12-8)9(11)10(13)14/h3-6,9H,11H2,1-2H3,(H,13,14). The van der Waals surface area contributed by atoms with Gasteiger partial charge < -0.3 is 15.6 Å². The number of nitrogens with zero attached hydrogens (tertiary/aromatic N) is 1. The van der Waals surface area contributed by atoms with Gasteiger partial charge in [0.15, 0.2) is 0 Å². The van der Waals surface area contributed by atoms with E-state index in [2.05, 4.69) is 4.98 Å². The van der Waals surface area contributed by atoms with Gasteiger partial charge in [0, 0.05) is 12.3 Å². The maximum Gasteiger partial charge on any atom is 0.325 e. The van der Waals surface area contributed by atoms with E-state index in [1.54, 1.807) is 12.1 Å². The predicted molar refractivity (Wildman–Crippen MR) is 54.6 cm³/mol. The van der Waals surface area contributed by atoms with Crippen LogP contribution in [0.25, 0.3) is 0 Å². The van der Waals surface area contributed by atoms with Gasteiger partial charge in [-0.05, 0) is 25.5 Å². The van der Waals surface area contributed by atoms with E-state index in [0.717, 1.165) is 0 Å². The maximum atomic E-state index is 10.6. The Hall–Kier alpha value is -1.62. The van der Waals surface area contributed by atoms with Crippen molar-refractivity contribution in [1.29, 1.82) is 0 Å². The highest BCUT2D eigenvalue weighted by molar-refractivity contribution is 5.75. The average molecular weight is 210 g/mol. The van der Waals surface area contributed by atoms with Crippen molar-refractivity contribution in [3.63, 3.8) is 0 Å². The third-order valence-corrected chi connectivity index (χ3v) is 1.74. The Morgan fingerprint density at radius 2 is 2.27 bits per heavy atom. The number of carboxylic acids is 1. The fourth-order valence-electron chi connectivity index (χ4n) is 1.07. The predicted octanol–water partition coefficient (Wildman–Crippen LogP) is 0.953. The van der Waals surface area contributed by atoms with Crippen LogP contribution in [0.4, 0.5) is 0 Å². The van der Waals surface area contributed by atoms with Gasteiger partial charge in [-0.3, -0.25) is 4.79 Å². The lowest BCUT2D eigenvalue weighted by atomic mass is 10.1. The van der Waals surface area contributed by atoms with Crippen LogP contribution in [0.1, 0.15) is 25.5 Å². The second kappa shape index (κ2) is 4.75. The SMILES string of the molecule is CC(C)Oc1cc(C(N)C(=O)O)ccn1. The largest absolute Gasteiger partial charge is 0.480 e. The Bertz CT molecular complexity index is 352. The van der Waals surface area contributed by atoms with Gasteiger partial charge in [0.2, 0.25) is 5.88 Å². The summed E-state index contributed by atoms with van der Waals surface area (Å²) in [5, 5.41) is 8.72. The van der Waals surface area contributed by atoms with Gasteiger partial charge in [-0.15, -0.1) is 0 Å². The first-order valence-corrected chi connectivity index (χ1v) is 4.61. The molecular weight excluding hydrogens is 196 g/mol. The number of carboxylic acid groups (broad SMARTS) is 1. The van der Waals surface area contributed by atoms with E-state index < -0.39 is 12.0 Å². The molecule has 1 aromatic rings.